The fourth-order valence-corrected chi connectivity index (χ4v) is 4.25. The first-order chi connectivity index (χ1) is 17.4. The molecule has 0 aromatic heterocycles. The molecule has 1 aliphatic heterocycles. The van der Waals surface area contributed by atoms with Crippen molar-refractivity contribution in [2.24, 2.45) is 17.4 Å². The summed E-state index contributed by atoms with van der Waals surface area (Å²) in [6.45, 7) is 3.78. The molecule has 12 heteroatoms. The highest BCUT2D eigenvalue weighted by molar-refractivity contribution is 5.94. The van der Waals surface area contributed by atoms with Crippen LogP contribution in [0.15, 0.2) is 24.3 Å². The van der Waals surface area contributed by atoms with Crippen LogP contribution in [0.5, 0.6) is 5.75 Å². The Bertz CT molecular complexity index is 984. The van der Waals surface area contributed by atoms with Gasteiger partial charge in [0.25, 0.3) is 0 Å². The molecule has 37 heavy (non-hydrogen) atoms. The second-order valence-corrected chi connectivity index (χ2v) is 9.44. The number of carbonyl (C=O) groups excluding carboxylic acids is 4. The normalized spacial score (nSPS) is 18.4. The number of nitrogens with two attached hydrogens (primary N) is 2. The van der Waals surface area contributed by atoms with E-state index in [2.05, 4.69) is 10.6 Å². The minimum absolute atomic E-state index is 0.0914. The number of hydrogen-bond donors (Lipinski definition) is 6. The van der Waals surface area contributed by atoms with Crippen molar-refractivity contribution < 1.29 is 34.2 Å². The predicted molar refractivity (Wildman–Crippen MR) is 134 cm³/mol. The SMILES string of the molecule is CCC(C)C(NC(=O)C(CCC(N)=O)NC(=O)C1CCCN1C(=O)C(N)Cc1ccc(O)cc1)C(=O)O. The summed E-state index contributed by atoms with van der Waals surface area (Å²) >= 11 is 0. The lowest BCUT2D eigenvalue weighted by molar-refractivity contribution is -0.144. The van der Waals surface area contributed by atoms with Crippen molar-refractivity contribution in [2.45, 2.75) is 76.5 Å². The maximum Gasteiger partial charge on any atom is 0.326 e. The molecule has 0 spiro atoms. The fourth-order valence-electron chi connectivity index (χ4n) is 4.25. The molecule has 1 heterocycles. The van der Waals surface area contributed by atoms with Gasteiger partial charge in [0.05, 0.1) is 6.04 Å². The number of amides is 4. The van der Waals surface area contributed by atoms with Crippen molar-refractivity contribution in [3.8, 4) is 5.75 Å². The minimum atomic E-state index is -1.21. The van der Waals surface area contributed by atoms with Crippen molar-refractivity contribution in [3.63, 3.8) is 0 Å². The van der Waals surface area contributed by atoms with Crippen molar-refractivity contribution in [1.82, 2.24) is 15.5 Å². The van der Waals surface area contributed by atoms with E-state index >= 15 is 0 Å². The average Bonchev–Trinajstić information content (AvgIpc) is 3.35. The summed E-state index contributed by atoms with van der Waals surface area (Å²) in [4.78, 5) is 63.5. The van der Waals surface area contributed by atoms with Gasteiger partial charge in [0.1, 0.15) is 23.9 Å². The number of phenols is 1. The summed E-state index contributed by atoms with van der Waals surface area (Å²) in [5.74, 6) is -3.93. The van der Waals surface area contributed by atoms with Crippen LogP contribution in [0.3, 0.4) is 0 Å². The highest BCUT2D eigenvalue weighted by Gasteiger charge is 2.38. The molecule has 2 rings (SSSR count). The van der Waals surface area contributed by atoms with Gasteiger partial charge in [-0.25, -0.2) is 4.79 Å². The number of carboxylic acids is 1. The van der Waals surface area contributed by atoms with E-state index in [9.17, 15) is 34.2 Å². The molecule has 1 saturated heterocycles. The zero-order valence-corrected chi connectivity index (χ0v) is 21.2. The summed E-state index contributed by atoms with van der Waals surface area (Å²) in [5.41, 5.74) is 12.1. The smallest absolute Gasteiger partial charge is 0.326 e. The lowest BCUT2D eigenvalue weighted by Gasteiger charge is -2.29. The van der Waals surface area contributed by atoms with E-state index in [-0.39, 0.29) is 30.9 Å². The maximum absolute atomic E-state index is 13.2. The maximum atomic E-state index is 13.2. The number of phenolic OH excluding ortho intramolecular Hbond substituents is 1. The van der Waals surface area contributed by atoms with Crippen LogP contribution in [0.4, 0.5) is 0 Å². The van der Waals surface area contributed by atoms with Gasteiger partial charge < -0.3 is 37.2 Å². The van der Waals surface area contributed by atoms with Gasteiger partial charge in [-0.15, -0.1) is 0 Å². The zero-order valence-electron chi connectivity index (χ0n) is 21.2. The molecule has 8 N–H and O–H groups in total. The van der Waals surface area contributed by atoms with E-state index in [1.165, 1.54) is 17.0 Å². The van der Waals surface area contributed by atoms with Gasteiger partial charge in [-0.05, 0) is 49.3 Å². The summed E-state index contributed by atoms with van der Waals surface area (Å²) in [6.07, 6.45) is 1.30. The molecule has 1 fully saturated rings. The van der Waals surface area contributed by atoms with Crippen LogP contribution in [-0.2, 0) is 30.4 Å². The molecule has 0 aliphatic carbocycles. The number of nitrogens with one attached hydrogen (secondary N) is 2. The zero-order chi connectivity index (χ0) is 27.7. The molecule has 0 saturated carbocycles. The van der Waals surface area contributed by atoms with Gasteiger partial charge in [0.15, 0.2) is 0 Å². The van der Waals surface area contributed by atoms with Gasteiger partial charge in [-0.2, -0.15) is 0 Å². The number of primary amides is 1. The number of likely N-dealkylation sites (tertiary alicyclic amines) is 1. The number of rotatable bonds is 13. The Balaban J connectivity index is 2.11. The summed E-state index contributed by atoms with van der Waals surface area (Å²) in [5, 5.41) is 24.0. The molecule has 1 aliphatic rings. The first-order valence-electron chi connectivity index (χ1n) is 12.4. The Morgan fingerprint density at radius 1 is 1.14 bits per heavy atom. The topological polar surface area (TPSA) is 205 Å². The Labute approximate surface area is 215 Å². The first kappa shape index (κ1) is 29.6. The lowest BCUT2D eigenvalue weighted by Crippen LogP contribution is -2.57. The number of hydrogen-bond acceptors (Lipinski definition) is 7. The van der Waals surface area contributed by atoms with E-state index in [1.807, 2.05) is 0 Å². The number of carboxylic acid groups (broad SMARTS) is 1. The van der Waals surface area contributed by atoms with Crippen LogP contribution in [0.1, 0.15) is 51.5 Å². The quantitative estimate of drug-likeness (QED) is 0.202. The van der Waals surface area contributed by atoms with Crippen LogP contribution in [0, 0.1) is 5.92 Å². The third kappa shape index (κ3) is 8.45. The standard InChI is InChI=1S/C25H37N5O7/c1-3-14(2)21(25(36)37)29-22(33)18(10-11-20(27)32)28-23(34)19-5-4-12-30(19)24(35)17(26)13-15-6-8-16(31)9-7-15/h6-9,14,17-19,21,31H,3-5,10-13,26H2,1-2H3,(H2,27,32)(H,28,34)(H,29,33)(H,36,37). The Hall–Kier alpha value is -3.67. The minimum Gasteiger partial charge on any atom is -0.508 e. The second-order valence-electron chi connectivity index (χ2n) is 9.44. The molecule has 0 radical (unpaired) electrons. The van der Waals surface area contributed by atoms with Gasteiger partial charge in [0.2, 0.25) is 23.6 Å². The average molecular weight is 520 g/mol. The molecule has 0 bridgehead atoms. The van der Waals surface area contributed by atoms with Gasteiger partial charge in [-0.3, -0.25) is 19.2 Å². The highest BCUT2D eigenvalue weighted by Crippen LogP contribution is 2.20. The largest absolute Gasteiger partial charge is 0.508 e. The van der Waals surface area contributed by atoms with Crippen LogP contribution in [-0.4, -0.2) is 75.4 Å². The molecule has 12 nitrogen and oxygen atoms in total. The second kappa shape index (κ2) is 13.6. The number of carbonyl (C=O) groups is 5. The van der Waals surface area contributed by atoms with Gasteiger partial charge >= 0.3 is 5.97 Å². The van der Waals surface area contributed by atoms with E-state index < -0.39 is 53.8 Å². The predicted octanol–water partition coefficient (Wildman–Crippen LogP) is -0.381. The van der Waals surface area contributed by atoms with E-state index in [1.54, 1.807) is 26.0 Å². The highest BCUT2D eigenvalue weighted by atomic mass is 16.4. The van der Waals surface area contributed by atoms with Crippen molar-refractivity contribution in [2.75, 3.05) is 6.54 Å². The van der Waals surface area contributed by atoms with Crippen molar-refractivity contribution >= 4 is 29.6 Å². The van der Waals surface area contributed by atoms with E-state index in [0.717, 1.165) is 5.56 Å². The van der Waals surface area contributed by atoms with Crippen LogP contribution in [0.25, 0.3) is 0 Å². The molecule has 4 amide bonds. The fraction of sp³-hybridized carbons (Fsp3) is 0.560. The van der Waals surface area contributed by atoms with E-state index in [4.69, 9.17) is 11.5 Å². The Kier molecular flexibility index (Phi) is 10.9. The molecule has 5 atom stereocenters. The summed E-state index contributed by atoms with van der Waals surface area (Å²) in [7, 11) is 0. The van der Waals surface area contributed by atoms with Crippen LogP contribution in [0.2, 0.25) is 0 Å². The summed E-state index contributed by atoms with van der Waals surface area (Å²) < 4.78 is 0. The molecule has 1 aromatic rings. The third-order valence-corrected chi connectivity index (χ3v) is 6.64. The molecular formula is C25H37N5O7. The van der Waals surface area contributed by atoms with Crippen molar-refractivity contribution in [3.05, 3.63) is 29.8 Å². The van der Waals surface area contributed by atoms with Crippen LogP contribution < -0.4 is 22.1 Å². The summed E-state index contributed by atoms with van der Waals surface area (Å²) in [6, 6.07) is 2.12. The van der Waals surface area contributed by atoms with Gasteiger partial charge in [0, 0.05) is 13.0 Å². The Morgan fingerprint density at radius 3 is 2.35 bits per heavy atom. The number of nitrogens with zero attached hydrogens (tertiary/aromatic N) is 1. The lowest BCUT2D eigenvalue weighted by atomic mass is 9.98. The molecule has 1 aromatic carbocycles. The molecular weight excluding hydrogens is 482 g/mol. The van der Waals surface area contributed by atoms with Crippen LogP contribution >= 0.6 is 0 Å². The monoisotopic (exact) mass is 519 g/mol. The number of aromatic hydroxyl groups is 1. The third-order valence-electron chi connectivity index (χ3n) is 6.64. The molecule has 5 unspecified atom stereocenters. The number of benzene rings is 1. The first-order valence-corrected chi connectivity index (χ1v) is 12.4. The van der Waals surface area contributed by atoms with E-state index in [0.29, 0.717) is 25.8 Å². The van der Waals surface area contributed by atoms with Gasteiger partial charge in [-0.1, -0.05) is 32.4 Å². The Morgan fingerprint density at radius 2 is 1.78 bits per heavy atom. The number of aliphatic carboxylic acids is 1. The van der Waals surface area contributed by atoms with Crippen molar-refractivity contribution in [1.29, 1.82) is 0 Å². The molecule has 204 valence electrons.